The van der Waals surface area contributed by atoms with Gasteiger partial charge in [0.25, 0.3) is 5.69 Å². The van der Waals surface area contributed by atoms with Crippen LogP contribution in [0.4, 0.5) is 11.4 Å². The van der Waals surface area contributed by atoms with Crippen molar-refractivity contribution in [3.05, 3.63) is 28.3 Å². The van der Waals surface area contributed by atoms with Gasteiger partial charge in [0, 0.05) is 6.04 Å². The molecule has 1 aromatic rings. The molecule has 0 heterocycles. The highest BCUT2D eigenvalue weighted by molar-refractivity contribution is 5.70. The van der Waals surface area contributed by atoms with Gasteiger partial charge in [0.1, 0.15) is 11.4 Å². The summed E-state index contributed by atoms with van der Waals surface area (Å²) in [6.07, 6.45) is 0.454. The molecule has 7 nitrogen and oxygen atoms in total. The van der Waals surface area contributed by atoms with Crippen molar-refractivity contribution in [2.45, 2.75) is 25.8 Å². The van der Waals surface area contributed by atoms with Crippen LogP contribution in [-0.4, -0.2) is 29.2 Å². The summed E-state index contributed by atoms with van der Waals surface area (Å²) in [5, 5.41) is 22.6. The van der Waals surface area contributed by atoms with E-state index in [0.29, 0.717) is 17.9 Å². The molecule has 0 amide bonds. The van der Waals surface area contributed by atoms with E-state index < -0.39 is 10.9 Å². The normalized spacial score (nSPS) is 11.7. The number of carboxylic acid groups (broad SMARTS) is 1. The number of benzene rings is 1. The summed E-state index contributed by atoms with van der Waals surface area (Å²) in [6, 6.07) is 4.05. The van der Waals surface area contributed by atoms with Gasteiger partial charge in [-0.15, -0.1) is 0 Å². The van der Waals surface area contributed by atoms with E-state index in [-0.39, 0.29) is 18.2 Å². The Morgan fingerprint density at radius 3 is 2.74 bits per heavy atom. The lowest BCUT2D eigenvalue weighted by Crippen LogP contribution is -2.22. The second-order valence-electron chi connectivity index (χ2n) is 3.99. The maximum absolute atomic E-state index is 11.0. The van der Waals surface area contributed by atoms with E-state index in [2.05, 4.69) is 5.32 Å². The van der Waals surface area contributed by atoms with Crippen LogP contribution in [0.1, 0.15) is 19.8 Å². The van der Waals surface area contributed by atoms with Crippen LogP contribution in [-0.2, 0) is 4.79 Å². The monoisotopic (exact) mass is 268 g/mol. The fourth-order valence-electron chi connectivity index (χ4n) is 1.64. The van der Waals surface area contributed by atoms with Crippen molar-refractivity contribution in [1.29, 1.82) is 0 Å². The zero-order valence-electron chi connectivity index (χ0n) is 10.8. The van der Waals surface area contributed by atoms with E-state index in [0.717, 1.165) is 0 Å². The largest absolute Gasteiger partial charge is 0.496 e. The standard InChI is InChI=1S/C12H16N2O5/c1-3-8(6-12(15)16)13-10-5-4-9(19-2)7-11(10)14(17)18/h4-5,7-8,13H,3,6H2,1-2H3,(H,15,16). The number of nitro benzene ring substituents is 1. The predicted molar refractivity (Wildman–Crippen MR) is 69.6 cm³/mol. The number of hydrogen-bond acceptors (Lipinski definition) is 5. The summed E-state index contributed by atoms with van der Waals surface area (Å²) < 4.78 is 4.93. The van der Waals surface area contributed by atoms with Crippen LogP contribution in [0, 0.1) is 10.1 Å². The fourth-order valence-corrected chi connectivity index (χ4v) is 1.64. The average Bonchev–Trinajstić information content (AvgIpc) is 2.37. The SMILES string of the molecule is CCC(CC(=O)O)Nc1ccc(OC)cc1[N+](=O)[O-]. The first-order valence-corrected chi connectivity index (χ1v) is 5.78. The van der Waals surface area contributed by atoms with E-state index >= 15 is 0 Å². The van der Waals surface area contributed by atoms with Crippen molar-refractivity contribution < 1.29 is 19.6 Å². The first kappa shape index (κ1) is 14.7. The number of nitrogens with one attached hydrogen (secondary N) is 1. The highest BCUT2D eigenvalue weighted by Gasteiger charge is 2.19. The molecule has 1 unspecified atom stereocenters. The maximum atomic E-state index is 11.0. The molecule has 0 fully saturated rings. The van der Waals surface area contributed by atoms with Gasteiger partial charge in [-0.1, -0.05) is 6.92 Å². The van der Waals surface area contributed by atoms with Crippen LogP contribution in [0.5, 0.6) is 5.75 Å². The molecule has 0 radical (unpaired) electrons. The molecule has 0 aliphatic rings. The molecule has 0 bridgehead atoms. The quantitative estimate of drug-likeness (QED) is 0.581. The Kier molecular flexibility index (Phi) is 5.11. The molecule has 0 aliphatic heterocycles. The van der Waals surface area contributed by atoms with Gasteiger partial charge in [-0.2, -0.15) is 0 Å². The Morgan fingerprint density at radius 1 is 1.58 bits per heavy atom. The summed E-state index contributed by atoms with van der Waals surface area (Å²) in [7, 11) is 1.42. The summed E-state index contributed by atoms with van der Waals surface area (Å²) in [4.78, 5) is 21.1. The number of nitrogens with zero attached hydrogens (tertiary/aromatic N) is 1. The Balaban J connectivity index is 2.98. The van der Waals surface area contributed by atoms with Crippen molar-refractivity contribution in [3.8, 4) is 5.75 Å². The van der Waals surface area contributed by atoms with Crippen molar-refractivity contribution >= 4 is 17.3 Å². The number of rotatable bonds is 7. The van der Waals surface area contributed by atoms with Gasteiger partial charge in [-0.3, -0.25) is 14.9 Å². The molecule has 19 heavy (non-hydrogen) atoms. The Labute approximate surface area is 110 Å². The topological polar surface area (TPSA) is 102 Å². The minimum Gasteiger partial charge on any atom is -0.496 e. The predicted octanol–water partition coefficient (Wildman–Crippen LogP) is 2.27. The van der Waals surface area contributed by atoms with Gasteiger partial charge in [0.15, 0.2) is 0 Å². The molecule has 0 saturated carbocycles. The summed E-state index contributed by atoms with van der Waals surface area (Å²) in [5.74, 6) is -0.570. The molecule has 104 valence electrons. The van der Waals surface area contributed by atoms with Crippen molar-refractivity contribution in [1.82, 2.24) is 0 Å². The number of aliphatic carboxylic acids is 1. The highest BCUT2D eigenvalue weighted by Crippen LogP contribution is 2.30. The zero-order valence-corrected chi connectivity index (χ0v) is 10.8. The van der Waals surface area contributed by atoms with Gasteiger partial charge < -0.3 is 15.2 Å². The molecule has 0 spiro atoms. The third-order valence-corrected chi connectivity index (χ3v) is 2.68. The van der Waals surface area contributed by atoms with Gasteiger partial charge >= 0.3 is 5.97 Å². The number of nitro groups is 1. The number of ether oxygens (including phenoxy) is 1. The van der Waals surface area contributed by atoms with Crippen LogP contribution in [0.15, 0.2) is 18.2 Å². The Morgan fingerprint density at radius 2 is 2.26 bits per heavy atom. The van der Waals surface area contributed by atoms with Crippen LogP contribution < -0.4 is 10.1 Å². The van der Waals surface area contributed by atoms with E-state index in [1.165, 1.54) is 19.2 Å². The molecule has 2 N–H and O–H groups in total. The number of methoxy groups -OCH3 is 1. The second kappa shape index (κ2) is 6.58. The van der Waals surface area contributed by atoms with E-state index in [1.807, 2.05) is 6.92 Å². The first-order chi connectivity index (χ1) is 8.97. The van der Waals surface area contributed by atoms with Gasteiger partial charge in [0.05, 0.1) is 24.5 Å². The van der Waals surface area contributed by atoms with Gasteiger partial charge in [0.2, 0.25) is 0 Å². The van der Waals surface area contributed by atoms with Crippen molar-refractivity contribution in [2.75, 3.05) is 12.4 Å². The van der Waals surface area contributed by atoms with Crippen LogP contribution >= 0.6 is 0 Å². The molecule has 0 saturated heterocycles. The highest BCUT2D eigenvalue weighted by atomic mass is 16.6. The lowest BCUT2D eigenvalue weighted by atomic mass is 10.1. The number of carboxylic acids is 1. The average molecular weight is 268 g/mol. The third-order valence-electron chi connectivity index (χ3n) is 2.68. The lowest BCUT2D eigenvalue weighted by Gasteiger charge is -2.16. The molecule has 0 aromatic heterocycles. The lowest BCUT2D eigenvalue weighted by molar-refractivity contribution is -0.384. The first-order valence-electron chi connectivity index (χ1n) is 5.78. The Hall–Kier alpha value is -2.31. The smallest absolute Gasteiger partial charge is 0.305 e. The number of anilines is 1. The van der Waals surface area contributed by atoms with Crippen molar-refractivity contribution in [2.24, 2.45) is 0 Å². The minimum atomic E-state index is -0.949. The minimum absolute atomic E-state index is 0.0975. The molecule has 1 rings (SSSR count). The van der Waals surface area contributed by atoms with E-state index in [9.17, 15) is 14.9 Å². The molecule has 1 aromatic carbocycles. The van der Waals surface area contributed by atoms with Crippen LogP contribution in [0.2, 0.25) is 0 Å². The molecule has 7 heteroatoms. The van der Waals surface area contributed by atoms with Gasteiger partial charge in [-0.25, -0.2) is 0 Å². The fraction of sp³-hybridized carbons (Fsp3) is 0.417. The zero-order chi connectivity index (χ0) is 14.4. The number of hydrogen-bond donors (Lipinski definition) is 2. The van der Waals surface area contributed by atoms with Gasteiger partial charge in [-0.05, 0) is 18.6 Å². The van der Waals surface area contributed by atoms with E-state index in [1.54, 1.807) is 6.07 Å². The molecule has 1 atom stereocenters. The summed E-state index contributed by atoms with van der Waals surface area (Å²) >= 11 is 0. The van der Waals surface area contributed by atoms with E-state index in [4.69, 9.17) is 9.84 Å². The molecular weight excluding hydrogens is 252 g/mol. The summed E-state index contributed by atoms with van der Waals surface area (Å²) in [5.41, 5.74) is 0.155. The Bertz CT molecular complexity index is 475. The summed E-state index contributed by atoms with van der Waals surface area (Å²) in [6.45, 7) is 1.82. The van der Waals surface area contributed by atoms with Crippen LogP contribution in [0.3, 0.4) is 0 Å². The van der Waals surface area contributed by atoms with Crippen LogP contribution in [0.25, 0.3) is 0 Å². The second-order valence-corrected chi connectivity index (χ2v) is 3.99. The molecule has 0 aliphatic carbocycles. The molecular formula is C12H16N2O5. The maximum Gasteiger partial charge on any atom is 0.305 e. The van der Waals surface area contributed by atoms with Crippen molar-refractivity contribution in [3.63, 3.8) is 0 Å². The third kappa shape index (κ3) is 4.13. The number of carbonyl (C=O) groups is 1.